The highest BCUT2D eigenvalue weighted by molar-refractivity contribution is 7.83. The molecule has 52 heavy (non-hydrogen) atoms. The number of anilines is 1. The molecule has 7 rings (SSSR count). The number of carbonyl (C=O) groups is 1. The van der Waals surface area contributed by atoms with Crippen molar-refractivity contribution >= 4 is 34.2 Å². The highest BCUT2D eigenvalue weighted by atomic mass is 35.5. The smallest absolute Gasteiger partial charge is 0.263 e. The number of amides is 1. The number of allylic oxidation sites excluding steroid dienone is 1. The van der Waals surface area contributed by atoms with Crippen molar-refractivity contribution in [1.29, 1.82) is 0 Å². The average Bonchev–Trinajstić information content (AvgIpc) is 3.31. The van der Waals surface area contributed by atoms with E-state index < -0.39 is 11.0 Å². The molecule has 2 saturated heterocycles. The number of benzene rings is 2. The summed E-state index contributed by atoms with van der Waals surface area (Å²) >= 11 is 6.49. The monoisotopic (exact) mass is 754 g/mol. The van der Waals surface area contributed by atoms with E-state index in [1.165, 1.54) is 24.0 Å². The van der Waals surface area contributed by atoms with Crippen LogP contribution in [0.25, 0.3) is 0 Å². The molecule has 286 valence electrons. The molecule has 11 heteroatoms. The van der Waals surface area contributed by atoms with Crippen molar-refractivity contribution in [3.05, 3.63) is 70.3 Å². The van der Waals surface area contributed by atoms with E-state index >= 15 is 0 Å². The number of aryl methyl sites for hydroxylation is 1. The van der Waals surface area contributed by atoms with Crippen LogP contribution in [-0.4, -0.2) is 110 Å². The second-order valence-electron chi connectivity index (χ2n) is 15.5. The molecule has 2 aromatic rings. The van der Waals surface area contributed by atoms with Gasteiger partial charge in [0, 0.05) is 81.2 Å². The number of halogens is 1. The summed E-state index contributed by atoms with van der Waals surface area (Å²) in [6, 6.07) is 12.5. The first-order valence-electron chi connectivity index (χ1n) is 19.4. The Labute approximate surface area is 318 Å². The predicted octanol–water partition coefficient (Wildman–Crippen LogP) is 5.78. The quantitative estimate of drug-likeness (QED) is 0.372. The third kappa shape index (κ3) is 9.24. The van der Waals surface area contributed by atoms with Gasteiger partial charge in [-0.25, -0.2) is 4.21 Å². The van der Waals surface area contributed by atoms with Gasteiger partial charge in [0.15, 0.2) is 0 Å². The number of hydrogen-bond donors (Lipinski definition) is 2. The Morgan fingerprint density at radius 3 is 2.63 bits per heavy atom. The lowest BCUT2D eigenvalue weighted by Gasteiger charge is -2.48. The van der Waals surface area contributed by atoms with Crippen LogP contribution in [0.4, 0.5) is 5.69 Å². The van der Waals surface area contributed by atoms with Gasteiger partial charge < -0.3 is 19.5 Å². The molecule has 8 atom stereocenters. The third-order valence-corrected chi connectivity index (χ3v) is 13.6. The summed E-state index contributed by atoms with van der Waals surface area (Å²) < 4.78 is 28.5. The summed E-state index contributed by atoms with van der Waals surface area (Å²) in [5.41, 5.74) is 4.06. The fraction of sp³-hybridized carbons (Fsp3) is 0.634. The van der Waals surface area contributed by atoms with Gasteiger partial charge in [-0.05, 0) is 90.3 Å². The number of morpholine rings is 1. The summed E-state index contributed by atoms with van der Waals surface area (Å²) in [6.07, 6.45) is 9.31. The van der Waals surface area contributed by atoms with Gasteiger partial charge in [-0.2, -0.15) is 0 Å². The molecule has 2 N–H and O–H groups in total. The van der Waals surface area contributed by atoms with Crippen LogP contribution in [0.5, 0.6) is 5.75 Å². The lowest BCUT2D eigenvalue weighted by molar-refractivity contribution is -0.0492. The van der Waals surface area contributed by atoms with Crippen LogP contribution >= 0.6 is 11.6 Å². The van der Waals surface area contributed by atoms with Gasteiger partial charge in [0.25, 0.3) is 5.91 Å². The first kappa shape index (κ1) is 39.2. The standard InChI is InChI=1S/C40H55ClN4O4S.CH4O/c1-4-5-29-18-34(41)10-12-36(29)33-22-45-21-32-8-11-37(32)31(20-43-14-15-44-16-17-48-25-35(44)23-43)7-6-27(2)28(3)26-50(47)42-40(46)30-9-13-39(49-24-33)38(45)19-30;1-2/h6-7,9-10,12-13,18-19,27-28,31-33,35,37H,4-5,8,11,14-17,20-26H2,1-3H3,(H,42,46);2H,1H3/b7-6+;/t27-,28?,31?,32?,33?,35?,37?,50?;/m0./s1. The van der Waals surface area contributed by atoms with Crippen LogP contribution in [0.15, 0.2) is 48.6 Å². The summed E-state index contributed by atoms with van der Waals surface area (Å²) in [4.78, 5) is 21.2. The molecule has 0 radical (unpaired) electrons. The normalized spacial score (nSPS) is 32.0. The minimum Gasteiger partial charge on any atom is -0.491 e. The Bertz CT molecular complexity index is 1580. The molecule has 3 fully saturated rings. The number of aliphatic hydroxyl groups is 1. The van der Waals surface area contributed by atoms with E-state index in [2.05, 4.69) is 64.5 Å². The Hall–Kier alpha value is -2.47. The molecule has 1 aliphatic carbocycles. The second kappa shape index (κ2) is 18.2. The number of fused-ring (bicyclic) bond motifs is 3. The fourth-order valence-corrected chi connectivity index (χ4v) is 10.2. The number of aliphatic hydroxyl groups excluding tert-OH is 1. The van der Waals surface area contributed by atoms with Crippen LogP contribution in [0.3, 0.4) is 0 Å². The molecule has 1 amide bonds. The maximum atomic E-state index is 13.5. The highest BCUT2D eigenvalue weighted by Gasteiger charge is 2.40. The molecule has 9 nitrogen and oxygen atoms in total. The van der Waals surface area contributed by atoms with Gasteiger partial charge in [-0.1, -0.05) is 57.0 Å². The number of piperazine rings is 1. The first-order chi connectivity index (χ1) is 25.2. The van der Waals surface area contributed by atoms with Crippen molar-refractivity contribution in [3.8, 4) is 5.75 Å². The molecular formula is C41H59ClN4O5S. The lowest BCUT2D eigenvalue weighted by Crippen LogP contribution is -2.59. The minimum absolute atomic E-state index is 0.155. The molecular weight excluding hydrogens is 696 g/mol. The van der Waals surface area contributed by atoms with Crippen molar-refractivity contribution in [3.63, 3.8) is 0 Å². The number of carbonyl (C=O) groups excluding carboxylic acids is 1. The van der Waals surface area contributed by atoms with Crippen LogP contribution in [0, 0.1) is 29.6 Å². The zero-order valence-corrected chi connectivity index (χ0v) is 33.0. The highest BCUT2D eigenvalue weighted by Crippen LogP contribution is 2.45. The summed E-state index contributed by atoms with van der Waals surface area (Å²) in [5, 5.41) is 7.77. The second-order valence-corrected chi connectivity index (χ2v) is 17.2. The molecule has 4 heterocycles. The SMILES string of the molecule is CCCc1cc(Cl)ccc1C1COc2ccc3cc2N(C1)CC1CCC1C(CN1CCN2CCOCC2C1)/C=C/[C@H](C)C(C)CS(=O)NC3=O.CO. The molecule has 2 aromatic carbocycles. The number of nitrogens with one attached hydrogen (secondary N) is 1. The average molecular weight is 755 g/mol. The van der Waals surface area contributed by atoms with E-state index in [1.54, 1.807) is 0 Å². The van der Waals surface area contributed by atoms with E-state index in [0.717, 1.165) is 95.4 Å². The van der Waals surface area contributed by atoms with Crippen LogP contribution in [0.2, 0.25) is 5.02 Å². The zero-order chi connectivity index (χ0) is 36.8. The number of hydrogen-bond acceptors (Lipinski definition) is 8. The molecule has 5 aliphatic rings. The summed E-state index contributed by atoms with van der Waals surface area (Å²) in [6.45, 7) is 15.9. The van der Waals surface area contributed by atoms with Gasteiger partial charge in [0.05, 0.1) is 25.5 Å². The van der Waals surface area contributed by atoms with Crippen molar-refractivity contribution in [2.75, 3.05) is 83.4 Å². The van der Waals surface area contributed by atoms with E-state index in [0.29, 0.717) is 41.7 Å². The number of ether oxygens (including phenoxy) is 2. The summed E-state index contributed by atoms with van der Waals surface area (Å²) in [5.74, 6) is 3.03. The maximum Gasteiger partial charge on any atom is 0.263 e. The largest absolute Gasteiger partial charge is 0.491 e. The van der Waals surface area contributed by atoms with E-state index in [9.17, 15) is 9.00 Å². The van der Waals surface area contributed by atoms with Gasteiger partial charge >= 0.3 is 0 Å². The molecule has 2 bridgehead atoms. The first-order valence-corrected chi connectivity index (χ1v) is 21.1. The Morgan fingerprint density at radius 2 is 1.85 bits per heavy atom. The van der Waals surface area contributed by atoms with Crippen LogP contribution in [-0.2, 0) is 22.1 Å². The van der Waals surface area contributed by atoms with Gasteiger partial charge in [-0.3, -0.25) is 19.3 Å². The van der Waals surface area contributed by atoms with E-state index in [-0.39, 0.29) is 23.7 Å². The van der Waals surface area contributed by atoms with Crippen molar-refractivity contribution in [1.82, 2.24) is 14.5 Å². The fourth-order valence-electron chi connectivity index (χ4n) is 8.84. The van der Waals surface area contributed by atoms with Crippen LogP contribution < -0.4 is 14.4 Å². The predicted molar refractivity (Wildman–Crippen MR) is 211 cm³/mol. The lowest BCUT2D eigenvalue weighted by atomic mass is 9.66. The Balaban J connectivity index is 0.00000228. The molecule has 0 aromatic heterocycles. The Morgan fingerprint density at radius 1 is 1.00 bits per heavy atom. The zero-order valence-electron chi connectivity index (χ0n) is 31.5. The van der Waals surface area contributed by atoms with Crippen molar-refractivity contribution < 1.29 is 23.6 Å². The van der Waals surface area contributed by atoms with Gasteiger partial charge in [0.2, 0.25) is 0 Å². The molecule has 4 aliphatic heterocycles. The Kier molecular flexibility index (Phi) is 13.8. The minimum atomic E-state index is -1.48. The molecule has 1 saturated carbocycles. The number of nitrogens with zero attached hydrogens (tertiary/aromatic N) is 3. The molecule has 7 unspecified atom stereocenters. The third-order valence-electron chi connectivity index (χ3n) is 12.2. The number of rotatable bonds is 5. The van der Waals surface area contributed by atoms with Gasteiger partial charge in [0.1, 0.15) is 16.7 Å². The van der Waals surface area contributed by atoms with Crippen LogP contribution in [0.1, 0.15) is 67.4 Å². The van der Waals surface area contributed by atoms with Crippen molar-refractivity contribution in [2.24, 2.45) is 29.6 Å². The van der Waals surface area contributed by atoms with E-state index in [1.807, 2.05) is 24.3 Å². The molecule has 0 spiro atoms. The summed E-state index contributed by atoms with van der Waals surface area (Å²) in [7, 11) is -0.480. The van der Waals surface area contributed by atoms with E-state index in [4.69, 9.17) is 26.2 Å². The van der Waals surface area contributed by atoms with Crippen molar-refractivity contribution in [2.45, 2.75) is 58.4 Å². The van der Waals surface area contributed by atoms with Gasteiger partial charge in [-0.15, -0.1) is 0 Å². The topological polar surface area (TPSA) is 94.6 Å². The maximum absolute atomic E-state index is 13.5.